The molecule has 0 amide bonds. The van der Waals surface area contributed by atoms with E-state index in [1.807, 2.05) is 42.5 Å². The van der Waals surface area contributed by atoms with Gasteiger partial charge in [-0.25, -0.2) is 15.0 Å². The van der Waals surface area contributed by atoms with Crippen molar-refractivity contribution in [2.24, 2.45) is 0 Å². The van der Waals surface area contributed by atoms with Crippen LogP contribution in [0.1, 0.15) is 0 Å². The maximum Gasteiger partial charge on any atom is 0.165 e. The molecule has 2 aromatic heterocycles. The van der Waals surface area contributed by atoms with Crippen LogP contribution in [0.25, 0.3) is 110 Å². The van der Waals surface area contributed by atoms with E-state index in [1.54, 1.807) is 12.4 Å². The standard InChI is InChI=1S/C48H28N4/c1-2-10-32(11-3-1)46-50-47(34-15-9-25-49-28-34)52-48(51-46)40-17-5-4-16-36(40)35-26-33-24-23-31-13-7-19-38-37-18-6-12-29-21-22-30-14-8-20-39(44(30)42(29)37)41(27-35)45(33)43(31)38/h1-28H. The molecular weight excluding hydrogens is 633 g/mol. The SMILES string of the molecule is c1ccc(-c2nc(-c3cccnc3)nc(-c3ccccc3-c3cc4ccc5cccc6c7cccc8ccc9cccc(c(c3)c4c56)c9c87)n2)cc1. The third kappa shape index (κ3) is 4.34. The van der Waals surface area contributed by atoms with Gasteiger partial charge >= 0.3 is 0 Å². The fourth-order valence-corrected chi connectivity index (χ4v) is 8.21. The van der Waals surface area contributed by atoms with Gasteiger partial charge in [0, 0.05) is 29.1 Å². The molecule has 0 aliphatic carbocycles. The second-order valence-electron chi connectivity index (χ2n) is 13.4. The minimum absolute atomic E-state index is 0.588. The minimum atomic E-state index is 0.588. The first kappa shape index (κ1) is 28.8. The molecule has 0 bridgehead atoms. The maximum absolute atomic E-state index is 5.11. The zero-order chi connectivity index (χ0) is 34.2. The van der Waals surface area contributed by atoms with Gasteiger partial charge < -0.3 is 0 Å². The second kappa shape index (κ2) is 11.2. The average Bonchev–Trinajstić information content (AvgIpc) is 3.22. The van der Waals surface area contributed by atoms with Crippen molar-refractivity contribution in [3.63, 3.8) is 0 Å². The summed E-state index contributed by atoms with van der Waals surface area (Å²) < 4.78 is 0. The molecule has 4 heteroatoms. The number of aromatic nitrogens is 4. The lowest BCUT2D eigenvalue weighted by molar-refractivity contribution is 1.07. The largest absolute Gasteiger partial charge is 0.264 e. The zero-order valence-electron chi connectivity index (χ0n) is 28.0. The van der Waals surface area contributed by atoms with Crippen molar-refractivity contribution in [1.29, 1.82) is 0 Å². The Morgan fingerprint density at radius 1 is 0.308 bits per heavy atom. The summed E-state index contributed by atoms with van der Waals surface area (Å²) in [6.45, 7) is 0. The Morgan fingerprint density at radius 3 is 1.46 bits per heavy atom. The fourth-order valence-electron chi connectivity index (χ4n) is 8.21. The van der Waals surface area contributed by atoms with E-state index in [0.717, 1.165) is 27.8 Å². The molecular formula is C48H28N4. The highest BCUT2D eigenvalue weighted by Crippen LogP contribution is 2.45. The van der Waals surface area contributed by atoms with Gasteiger partial charge in [0.2, 0.25) is 0 Å². The van der Waals surface area contributed by atoms with Crippen LogP contribution >= 0.6 is 0 Å². The molecule has 52 heavy (non-hydrogen) atoms. The minimum Gasteiger partial charge on any atom is -0.264 e. The van der Waals surface area contributed by atoms with E-state index in [-0.39, 0.29) is 0 Å². The molecule has 2 heterocycles. The summed E-state index contributed by atoms with van der Waals surface area (Å²) in [5, 5.41) is 15.1. The highest BCUT2D eigenvalue weighted by molar-refractivity contribution is 6.37. The van der Waals surface area contributed by atoms with Gasteiger partial charge in [0.05, 0.1) is 0 Å². The van der Waals surface area contributed by atoms with Crippen LogP contribution in [0.2, 0.25) is 0 Å². The first-order chi connectivity index (χ1) is 25.8. The van der Waals surface area contributed by atoms with E-state index < -0.39 is 0 Å². The molecule has 0 saturated heterocycles. The van der Waals surface area contributed by atoms with E-state index >= 15 is 0 Å². The summed E-state index contributed by atoms with van der Waals surface area (Å²) >= 11 is 0. The van der Waals surface area contributed by atoms with Crippen LogP contribution in [0.4, 0.5) is 0 Å². The van der Waals surface area contributed by atoms with E-state index in [1.165, 1.54) is 64.6 Å². The highest BCUT2D eigenvalue weighted by Gasteiger charge is 2.19. The molecule has 0 saturated carbocycles. The van der Waals surface area contributed by atoms with Crippen molar-refractivity contribution in [3.05, 3.63) is 170 Å². The van der Waals surface area contributed by atoms with Crippen LogP contribution in [0.3, 0.4) is 0 Å². The topological polar surface area (TPSA) is 51.6 Å². The van der Waals surface area contributed by atoms with Crippen molar-refractivity contribution in [3.8, 4) is 45.3 Å². The smallest absolute Gasteiger partial charge is 0.165 e. The molecule has 240 valence electrons. The molecule has 11 rings (SSSR count). The van der Waals surface area contributed by atoms with Crippen LogP contribution in [0.5, 0.6) is 0 Å². The van der Waals surface area contributed by atoms with E-state index in [4.69, 9.17) is 15.0 Å². The number of pyridine rings is 1. The predicted octanol–water partition coefficient (Wildman–Crippen LogP) is 12.3. The Bertz CT molecular complexity index is 3110. The van der Waals surface area contributed by atoms with E-state index in [9.17, 15) is 0 Å². The summed E-state index contributed by atoms with van der Waals surface area (Å²) in [5.74, 6) is 1.83. The Kier molecular flexibility index (Phi) is 6.22. The number of nitrogens with zero attached hydrogens (tertiary/aromatic N) is 4. The number of hydrogen-bond acceptors (Lipinski definition) is 4. The second-order valence-corrected chi connectivity index (χ2v) is 13.4. The van der Waals surface area contributed by atoms with Crippen molar-refractivity contribution < 1.29 is 0 Å². The Balaban J connectivity index is 1.25. The van der Waals surface area contributed by atoms with Gasteiger partial charge in [0.25, 0.3) is 0 Å². The van der Waals surface area contributed by atoms with Gasteiger partial charge in [-0.15, -0.1) is 0 Å². The first-order valence-electron chi connectivity index (χ1n) is 17.5. The molecule has 0 aliphatic rings. The molecule has 0 radical (unpaired) electrons. The molecule has 0 spiro atoms. The van der Waals surface area contributed by atoms with Gasteiger partial charge in [0.15, 0.2) is 17.5 Å². The van der Waals surface area contributed by atoms with E-state index in [2.05, 4.69) is 120 Å². The Labute approximate surface area is 299 Å². The lowest BCUT2D eigenvalue weighted by Gasteiger charge is -2.18. The number of rotatable bonds is 4. The van der Waals surface area contributed by atoms with Crippen molar-refractivity contribution in [1.82, 2.24) is 19.9 Å². The predicted molar refractivity (Wildman–Crippen MR) is 216 cm³/mol. The third-order valence-corrected chi connectivity index (χ3v) is 10.5. The molecule has 0 atom stereocenters. The maximum atomic E-state index is 5.11. The molecule has 0 fully saturated rings. The van der Waals surface area contributed by atoms with Gasteiger partial charge in [-0.2, -0.15) is 0 Å². The Morgan fingerprint density at radius 2 is 0.827 bits per heavy atom. The van der Waals surface area contributed by atoms with Crippen LogP contribution in [-0.2, 0) is 0 Å². The summed E-state index contributed by atoms with van der Waals surface area (Å²) in [6.07, 6.45) is 3.57. The molecule has 0 unspecified atom stereocenters. The lowest BCUT2D eigenvalue weighted by atomic mass is 9.86. The number of fused-ring (bicyclic) bond motifs is 2. The van der Waals surface area contributed by atoms with E-state index in [0.29, 0.717) is 17.5 Å². The molecule has 9 aromatic carbocycles. The zero-order valence-corrected chi connectivity index (χ0v) is 28.0. The normalized spacial score (nSPS) is 11.8. The highest BCUT2D eigenvalue weighted by atomic mass is 15.0. The lowest BCUT2D eigenvalue weighted by Crippen LogP contribution is -2.01. The summed E-state index contributed by atoms with van der Waals surface area (Å²) in [7, 11) is 0. The monoisotopic (exact) mass is 660 g/mol. The van der Waals surface area contributed by atoms with Crippen LogP contribution in [-0.4, -0.2) is 19.9 Å². The van der Waals surface area contributed by atoms with Gasteiger partial charge in [0.1, 0.15) is 0 Å². The van der Waals surface area contributed by atoms with Crippen LogP contribution < -0.4 is 0 Å². The summed E-state index contributed by atoms with van der Waals surface area (Å²) in [5.41, 5.74) is 4.88. The molecule has 11 aromatic rings. The van der Waals surface area contributed by atoms with Gasteiger partial charge in [-0.1, -0.05) is 133 Å². The fraction of sp³-hybridized carbons (Fsp3) is 0. The summed E-state index contributed by atoms with van der Waals surface area (Å²) in [6, 6.07) is 56.5. The van der Waals surface area contributed by atoms with Crippen molar-refractivity contribution in [2.45, 2.75) is 0 Å². The van der Waals surface area contributed by atoms with Crippen LogP contribution in [0, 0.1) is 0 Å². The molecule has 4 nitrogen and oxygen atoms in total. The summed E-state index contributed by atoms with van der Waals surface area (Å²) in [4.78, 5) is 19.5. The van der Waals surface area contributed by atoms with Crippen molar-refractivity contribution in [2.75, 3.05) is 0 Å². The molecule has 0 aliphatic heterocycles. The van der Waals surface area contributed by atoms with Crippen molar-refractivity contribution >= 4 is 64.6 Å². The van der Waals surface area contributed by atoms with Crippen LogP contribution in [0.15, 0.2) is 170 Å². The third-order valence-electron chi connectivity index (χ3n) is 10.5. The van der Waals surface area contributed by atoms with Gasteiger partial charge in [-0.05, 0) is 100 Å². The molecule has 0 N–H and O–H groups in total. The first-order valence-corrected chi connectivity index (χ1v) is 17.5. The van der Waals surface area contributed by atoms with Gasteiger partial charge in [-0.3, -0.25) is 4.98 Å². The average molecular weight is 661 g/mol. The number of benzene rings is 8. The Hall–Kier alpha value is -7.04. The quantitative estimate of drug-likeness (QED) is 0.176. The number of hydrogen-bond donors (Lipinski definition) is 0.